The van der Waals surface area contributed by atoms with E-state index in [4.69, 9.17) is 5.73 Å². The number of rotatable bonds is 2. The summed E-state index contributed by atoms with van der Waals surface area (Å²) >= 11 is 3.31. The number of benzene rings is 2. The van der Waals surface area contributed by atoms with E-state index in [9.17, 15) is 9.90 Å². The second-order valence-corrected chi connectivity index (χ2v) is 4.43. The SMILES string of the molecule is Nc1ccc(O)cc1C(=O)c1ccccc1Br. The average Bonchev–Trinajstić information content (AvgIpc) is 2.32. The van der Waals surface area contributed by atoms with Gasteiger partial charge in [0.05, 0.1) is 0 Å². The number of carbonyl (C=O) groups is 1. The highest BCUT2D eigenvalue weighted by Gasteiger charge is 2.15. The third-order valence-corrected chi connectivity index (χ3v) is 3.09. The largest absolute Gasteiger partial charge is 0.508 e. The molecule has 0 aliphatic rings. The highest BCUT2D eigenvalue weighted by atomic mass is 79.9. The first kappa shape index (κ1) is 11.7. The van der Waals surface area contributed by atoms with E-state index in [1.54, 1.807) is 18.2 Å². The molecular formula is C13H10BrNO2. The Morgan fingerprint density at radius 3 is 2.53 bits per heavy atom. The first-order valence-corrected chi connectivity index (χ1v) is 5.76. The van der Waals surface area contributed by atoms with Crippen LogP contribution in [0.4, 0.5) is 5.69 Å². The van der Waals surface area contributed by atoms with Crippen LogP contribution in [0.15, 0.2) is 46.9 Å². The lowest BCUT2D eigenvalue weighted by Crippen LogP contribution is -2.05. The van der Waals surface area contributed by atoms with Crippen LogP contribution < -0.4 is 5.73 Å². The number of phenolic OH excluding ortho intramolecular Hbond substituents is 1. The number of hydrogen-bond donors (Lipinski definition) is 2. The van der Waals surface area contributed by atoms with Crippen molar-refractivity contribution in [1.29, 1.82) is 0 Å². The summed E-state index contributed by atoms with van der Waals surface area (Å²) in [6.07, 6.45) is 0. The van der Waals surface area contributed by atoms with Crippen molar-refractivity contribution in [2.75, 3.05) is 5.73 Å². The van der Waals surface area contributed by atoms with Gasteiger partial charge in [-0.25, -0.2) is 0 Å². The van der Waals surface area contributed by atoms with Crippen molar-refractivity contribution in [3.8, 4) is 5.75 Å². The molecule has 0 aromatic heterocycles. The molecule has 0 saturated carbocycles. The number of aromatic hydroxyl groups is 1. The van der Waals surface area contributed by atoms with E-state index in [-0.39, 0.29) is 11.5 Å². The third kappa shape index (κ3) is 2.31. The van der Waals surface area contributed by atoms with E-state index in [1.807, 2.05) is 6.07 Å². The molecule has 0 fully saturated rings. The molecule has 0 heterocycles. The van der Waals surface area contributed by atoms with Crippen LogP contribution >= 0.6 is 15.9 Å². The van der Waals surface area contributed by atoms with Gasteiger partial charge in [-0.2, -0.15) is 0 Å². The smallest absolute Gasteiger partial charge is 0.196 e. The van der Waals surface area contributed by atoms with Crippen molar-refractivity contribution >= 4 is 27.4 Å². The van der Waals surface area contributed by atoms with Gasteiger partial charge in [0.2, 0.25) is 0 Å². The lowest BCUT2D eigenvalue weighted by Gasteiger charge is -2.07. The summed E-state index contributed by atoms with van der Waals surface area (Å²) in [5.74, 6) is -0.194. The molecule has 0 bridgehead atoms. The first-order valence-electron chi connectivity index (χ1n) is 4.97. The van der Waals surface area contributed by atoms with E-state index in [2.05, 4.69) is 15.9 Å². The number of nitrogens with two attached hydrogens (primary N) is 1. The fraction of sp³-hybridized carbons (Fsp3) is 0. The Morgan fingerprint density at radius 1 is 1.12 bits per heavy atom. The zero-order chi connectivity index (χ0) is 12.4. The van der Waals surface area contributed by atoms with Crippen LogP contribution in [-0.2, 0) is 0 Å². The number of ketones is 1. The molecule has 4 heteroatoms. The van der Waals surface area contributed by atoms with Crippen LogP contribution in [0.25, 0.3) is 0 Å². The predicted molar refractivity (Wildman–Crippen MR) is 70.1 cm³/mol. The molecule has 2 rings (SSSR count). The molecule has 0 unspecified atom stereocenters. The van der Waals surface area contributed by atoms with Crippen molar-refractivity contribution in [3.05, 3.63) is 58.1 Å². The minimum Gasteiger partial charge on any atom is -0.508 e. The number of phenols is 1. The lowest BCUT2D eigenvalue weighted by atomic mass is 10.0. The summed E-state index contributed by atoms with van der Waals surface area (Å²) in [4.78, 5) is 12.2. The Labute approximate surface area is 107 Å². The van der Waals surface area contributed by atoms with Gasteiger partial charge in [-0.15, -0.1) is 0 Å². The van der Waals surface area contributed by atoms with Gasteiger partial charge >= 0.3 is 0 Å². The second kappa shape index (κ2) is 4.59. The normalized spacial score (nSPS) is 10.2. The summed E-state index contributed by atoms with van der Waals surface area (Å²) in [7, 11) is 0. The van der Waals surface area contributed by atoms with Crippen molar-refractivity contribution in [3.63, 3.8) is 0 Å². The van der Waals surface area contributed by atoms with E-state index < -0.39 is 0 Å². The Hall–Kier alpha value is -1.81. The molecule has 0 aliphatic heterocycles. The van der Waals surface area contributed by atoms with Crippen molar-refractivity contribution in [2.24, 2.45) is 0 Å². The van der Waals surface area contributed by atoms with Crippen LogP contribution in [0.5, 0.6) is 5.75 Å². The number of carbonyl (C=O) groups excluding carboxylic acids is 1. The number of anilines is 1. The van der Waals surface area contributed by atoms with Crippen molar-refractivity contribution in [2.45, 2.75) is 0 Å². The molecule has 17 heavy (non-hydrogen) atoms. The Morgan fingerprint density at radius 2 is 1.82 bits per heavy atom. The maximum Gasteiger partial charge on any atom is 0.196 e. The molecule has 0 saturated heterocycles. The zero-order valence-electron chi connectivity index (χ0n) is 8.85. The Kier molecular flexibility index (Phi) is 3.15. The highest BCUT2D eigenvalue weighted by Crippen LogP contribution is 2.25. The molecule has 3 N–H and O–H groups in total. The number of halogens is 1. The maximum absolute atomic E-state index is 12.2. The molecule has 2 aromatic carbocycles. The van der Waals surface area contributed by atoms with Crippen LogP contribution in [0.3, 0.4) is 0 Å². The molecule has 0 spiro atoms. The van der Waals surface area contributed by atoms with Gasteiger partial charge in [0.1, 0.15) is 5.75 Å². The molecular weight excluding hydrogens is 282 g/mol. The minimum atomic E-state index is -0.217. The van der Waals surface area contributed by atoms with Gasteiger partial charge in [0.25, 0.3) is 0 Å². The van der Waals surface area contributed by atoms with Gasteiger partial charge in [0.15, 0.2) is 5.78 Å². The summed E-state index contributed by atoms with van der Waals surface area (Å²) < 4.78 is 0.702. The standard InChI is InChI=1S/C13H10BrNO2/c14-11-4-2-1-3-9(11)13(17)10-7-8(16)5-6-12(10)15/h1-7,16H,15H2. The van der Waals surface area contributed by atoms with E-state index >= 15 is 0 Å². The summed E-state index contributed by atoms with van der Waals surface area (Å²) in [6, 6.07) is 11.4. The molecule has 86 valence electrons. The molecule has 0 atom stereocenters. The molecule has 3 nitrogen and oxygen atoms in total. The maximum atomic E-state index is 12.2. The summed E-state index contributed by atoms with van der Waals surface area (Å²) in [5, 5.41) is 9.38. The van der Waals surface area contributed by atoms with Crippen LogP contribution in [0.1, 0.15) is 15.9 Å². The molecule has 0 amide bonds. The molecule has 0 aliphatic carbocycles. The van der Waals surface area contributed by atoms with Crippen LogP contribution in [0.2, 0.25) is 0 Å². The van der Waals surface area contributed by atoms with Crippen molar-refractivity contribution < 1.29 is 9.90 Å². The van der Waals surface area contributed by atoms with Gasteiger partial charge in [-0.3, -0.25) is 4.79 Å². The Balaban J connectivity index is 2.51. The van der Waals surface area contributed by atoms with Gasteiger partial charge in [-0.1, -0.05) is 28.1 Å². The molecule has 2 aromatic rings. The minimum absolute atomic E-state index is 0.0228. The van der Waals surface area contributed by atoms with Crippen LogP contribution in [-0.4, -0.2) is 10.9 Å². The zero-order valence-corrected chi connectivity index (χ0v) is 10.4. The summed E-state index contributed by atoms with van der Waals surface area (Å²) in [5.41, 5.74) is 6.90. The highest BCUT2D eigenvalue weighted by molar-refractivity contribution is 9.10. The van der Waals surface area contributed by atoms with E-state index in [0.717, 1.165) is 0 Å². The average molecular weight is 292 g/mol. The van der Waals surface area contributed by atoms with Gasteiger partial charge < -0.3 is 10.8 Å². The van der Waals surface area contributed by atoms with Crippen LogP contribution in [0, 0.1) is 0 Å². The third-order valence-electron chi connectivity index (χ3n) is 2.40. The lowest BCUT2D eigenvalue weighted by molar-refractivity contribution is 0.103. The topological polar surface area (TPSA) is 63.3 Å². The monoisotopic (exact) mass is 291 g/mol. The fourth-order valence-corrected chi connectivity index (χ4v) is 2.00. The second-order valence-electron chi connectivity index (χ2n) is 3.58. The van der Waals surface area contributed by atoms with Crippen molar-refractivity contribution in [1.82, 2.24) is 0 Å². The predicted octanol–water partition coefficient (Wildman–Crippen LogP) is 2.97. The quantitative estimate of drug-likeness (QED) is 0.508. The first-order chi connectivity index (χ1) is 8.09. The van der Waals surface area contributed by atoms with Gasteiger partial charge in [0, 0.05) is 21.3 Å². The van der Waals surface area contributed by atoms with E-state index in [0.29, 0.717) is 21.3 Å². The number of nitrogen functional groups attached to an aromatic ring is 1. The number of hydrogen-bond acceptors (Lipinski definition) is 3. The Bertz CT molecular complexity index is 581. The van der Waals surface area contributed by atoms with E-state index in [1.165, 1.54) is 18.2 Å². The fourth-order valence-electron chi connectivity index (χ4n) is 1.53. The molecule has 0 radical (unpaired) electrons. The van der Waals surface area contributed by atoms with Gasteiger partial charge in [-0.05, 0) is 30.3 Å². The summed E-state index contributed by atoms with van der Waals surface area (Å²) in [6.45, 7) is 0.